The molecule has 24 heavy (non-hydrogen) atoms. The van der Waals surface area contributed by atoms with Crippen LogP contribution in [0, 0.1) is 0 Å². The first-order valence-electron chi connectivity index (χ1n) is 6.89. The van der Waals surface area contributed by atoms with Crippen molar-refractivity contribution in [3.05, 3.63) is 64.1 Å². The van der Waals surface area contributed by atoms with Crippen molar-refractivity contribution in [3.63, 3.8) is 0 Å². The van der Waals surface area contributed by atoms with Crippen LogP contribution in [0.25, 0.3) is 0 Å². The fourth-order valence-corrected chi connectivity index (χ4v) is 2.78. The van der Waals surface area contributed by atoms with Gasteiger partial charge in [-0.1, -0.05) is 28.1 Å². The second kappa shape index (κ2) is 7.59. The van der Waals surface area contributed by atoms with E-state index in [4.69, 9.17) is 0 Å². The molecule has 2 amide bonds. The van der Waals surface area contributed by atoms with Gasteiger partial charge in [-0.25, -0.2) is 8.42 Å². The minimum atomic E-state index is -3.31. The van der Waals surface area contributed by atoms with Crippen LogP contribution in [0.1, 0.15) is 15.9 Å². The van der Waals surface area contributed by atoms with Crippen molar-refractivity contribution in [1.82, 2.24) is 10.9 Å². The third-order valence-electron chi connectivity index (χ3n) is 3.14. The second-order valence-corrected chi connectivity index (χ2v) is 8.03. The lowest BCUT2D eigenvalue weighted by atomic mass is 10.1. The molecular weight excluding hydrogens is 396 g/mol. The van der Waals surface area contributed by atoms with Crippen molar-refractivity contribution >= 4 is 37.6 Å². The van der Waals surface area contributed by atoms with Gasteiger partial charge >= 0.3 is 0 Å². The number of carbonyl (C=O) groups excluding carboxylic acids is 2. The van der Waals surface area contributed by atoms with Gasteiger partial charge in [0.1, 0.15) is 0 Å². The van der Waals surface area contributed by atoms with E-state index in [1.165, 1.54) is 24.3 Å². The number of hydrogen-bond acceptors (Lipinski definition) is 4. The predicted octanol–water partition coefficient (Wildman–Crippen LogP) is 1.86. The summed E-state index contributed by atoms with van der Waals surface area (Å²) >= 11 is 3.31. The molecule has 8 heteroatoms. The summed E-state index contributed by atoms with van der Waals surface area (Å²) in [6.45, 7) is 0. The van der Waals surface area contributed by atoms with Gasteiger partial charge in [-0.15, -0.1) is 0 Å². The summed E-state index contributed by atoms with van der Waals surface area (Å²) in [6.07, 6.45) is 1.21. The Kier molecular flexibility index (Phi) is 5.74. The third-order valence-corrected chi connectivity index (χ3v) is 4.80. The van der Waals surface area contributed by atoms with Crippen molar-refractivity contribution in [2.45, 2.75) is 11.3 Å². The molecule has 0 bridgehead atoms. The van der Waals surface area contributed by atoms with Crippen LogP contribution in [0.4, 0.5) is 0 Å². The lowest BCUT2D eigenvalue weighted by Gasteiger charge is -2.08. The van der Waals surface area contributed by atoms with Crippen LogP contribution in [0.15, 0.2) is 57.9 Å². The molecule has 0 aliphatic rings. The van der Waals surface area contributed by atoms with Crippen LogP contribution in [0.5, 0.6) is 0 Å². The van der Waals surface area contributed by atoms with E-state index in [1.54, 1.807) is 12.1 Å². The zero-order valence-corrected chi connectivity index (χ0v) is 15.1. The Morgan fingerprint density at radius 2 is 1.54 bits per heavy atom. The van der Waals surface area contributed by atoms with Gasteiger partial charge in [0.15, 0.2) is 9.84 Å². The maximum atomic E-state index is 11.9. The summed E-state index contributed by atoms with van der Waals surface area (Å²) in [7, 11) is -3.31. The summed E-state index contributed by atoms with van der Waals surface area (Å²) in [6, 6.07) is 12.7. The minimum absolute atomic E-state index is 0.123. The van der Waals surface area contributed by atoms with Crippen molar-refractivity contribution in [2.24, 2.45) is 0 Å². The number of benzene rings is 2. The zero-order chi connectivity index (χ0) is 17.7. The van der Waals surface area contributed by atoms with Crippen molar-refractivity contribution < 1.29 is 18.0 Å². The molecule has 2 aromatic rings. The number of halogens is 1. The zero-order valence-electron chi connectivity index (χ0n) is 12.7. The third kappa shape index (κ3) is 5.17. The number of carbonyl (C=O) groups is 2. The van der Waals surface area contributed by atoms with Crippen LogP contribution in [0.3, 0.4) is 0 Å². The number of sulfone groups is 1. The van der Waals surface area contributed by atoms with Crippen molar-refractivity contribution in [2.75, 3.05) is 6.26 Å². The summed E-state index contributed by atoms with van der Waals surface area (Å²) in [5.74, 6) is -0.891. The molecule has 0 aliphatic heterocycles. The van der Waals surface area contributed by atoms with Gasteiger partial charge in [0, 0.05) is 16.3 Å². The topological polar surface area (TPSA) is 92.3 Å². The number of amides is 2. The fraction of sp³-hybridized carbons (Fsp3) is 0.125. The summed E-state index contributed by atoms with van der Waals surface area (Å²) in [4.78, 5) is 23.9. The molecule has 0 fully saturated rings. The molecule has 0 radical (unpaired) electrons. The van der Waals surface area contributed by atoms with Gasteiger partial charge in [-0.05, 0) is 42.0 Å². The van der Waals surface area contributed by atoms with E-state index in [0.29, 0.717) is 0 Å². The van der Waals surface area contributed by atoms with E-state index in [2.05, 4.69) is 26.8 Å². The maximum absolute atomic E-state index is 11.9. The fourth-order valence-electron chi connectivity index (χ4n) is 1.88. The Labute approximate surface area is 148 Å². The molecule has 0 atom stereocenters. The van der Waals surface area contributed by atoms with Gasteiger partial charge in [-0.2, -0.15) is 0 Å². The molecule has 0 heterocycles. The number of hydrazine groups is 1. The molecule has 0 saturated carbocycles. The highest BCUT2D eigenvalue weighted by atomic mass is 79.9. The van der Waals surface area contributed by atoms with E-state index in [-0.39, 0.29) is 22.8 Å². The highest BCUT2D eigenvalue weighted by Gasteiger charge is 2.11. The average molecular weight is 411 g/mol. The molecule has 0 unspecified atom stereocenters. The molecule has 126 valence electrons. The monoisotopic (exact) mass is 410 g/mol. The SMILES string of the molecule is CS(=O)(=O)c1ccc(C(=O)NNC(=O)Cc2ccc(Br)cc2)cc1. The van der Waals surface area contributed by atoms with Gasteiger partial charge in [-0.3, -0.25) is 20.4 Å². The van der Waals surface area contributed by atoms with Gasteiger partial charge in [0.2, 0.25) is 5.91 Å². The van der Waals surface area contributed by atoms with Crippen LogP contribution < -0.4 is 10.9 Å². The van der Waals surface area contributed by atoms with Crippen molar-refractivity contribution in [3.8, 4) is 0 Å². The van der Waals surface area contributed by atoms with E-state index in [1.807, 2.05) is 12.1 Å². The summed E-state index contributed by atoms with van der Waals surface area (Å²) in [5.41, 5.74) is 5.66. The van der Waals surface area contributed by atoms with Gasteiger partial charge in [0.25, 0.3) is 5.91 Å². The van der Waals surface area contributed by atoms with Gasteiger partial charge in [0.05, 0.1) is 11.3 Å². The van der Waals surface area contributed by atoms with Crippen LogP contribution in [0.2, 0.25) is 0 Å². The molecular formula is C16H15BrN2O4S. The van der Waals surface area contributed by atoms with E-state index >= 15 is 0 Å². The average Bonchev–Trinajstić information content (AvgIpc) is 2.54. The number of rotatable bonds is 4. The molecule has 6 nitrogen and oxygen atoms in total. The Hall–Kier alpha value is -2.19. The molecule has 0 saturated heterocycles. The Bertz CT molecular complexity index is 847. The molecule has 2 rings (SSSR count). The van der Waals surface area contributed by atoms with Crippen molar-refractivity contribution in [1.29, 1.82) is 0 Å². The first kappa shape index (κ1) is 18.2. The summed E-state index contributed by atoms with van der Waals surface area (Å²) in [5, 5.41) is 0. The molecule has 2 aromatic carbocycles. The van der Waals surface area contributed by atoms with Crippen LogP contribution >= 0.6 is 15.9 Å². The van der Waals surface area contributed by atoms with E-state index in [9.17, 15) is 18.0 Å². The minimum Gasteiger partial charge on any atom is -0.273 e. The summed E-state index contributed by atoms with van der Waals surface area (Å²) < 4.78 is 23.6. The molecule has 0 aliphatic carbocycles. The largest absolute Gasteiger partial charge is 0.273 e. The Morgan fingerprint density at radius 3 is 2.08 bits per heavy atom. The first-order chi connectivity index (χ1) is 11.3. The van der Waals surface area contributed by atoms with Gasteiger partial charge < -0.3 is 0 Å². The quantitative estimate of drug-likeness (QED) is 0.752. The molecule has 0 aromatic heterocycles. The van der Waals surface area contributed by atoms with Crippen LogP contribution in [-0.4, -0.2) is 26.5 Å². The number of nitrogens with one attached hydrogen (secondary N) is 2. The highest BCUT2D eigenvalue weighted by Crippen LogP contribution is 2.11. The molecule has 2 N–H and O–H groups in total. The lowest BCUT2D eigenvalue weighted by Crippen LogP contribution is -2.42. The Morgan fingerprint density at radius 1 is 0.958 bits per heavy atom. The first-order valence-corrected chi connectivity index (χ1v) is 9.58. The normalized spacial score (nSPS) is 10.9. The standard InChI is InChI=1S/C16H15BrN2O4S/c1-24(22,23)14-8-4-12(5-9-14)16(21)19-18-15(20)10-11-2-6-13(17)7-3-11/h2-9H,10H2,1H3,(H,18,20)(H,19,21). The van der Waals surface area contributed by atoms with Crippen LogP contribution in [-0.2, 0) is 21.1 Å². The highest BCUT2D eigenvalue weighted by molar-refractivity contribution is 9.10. The van der Waals surface area contributed by atoms with E-state index in [0.717, 1.165) is 16.3 Å². The maximum Gasteiger partial charge on any atom is 0.269 e. The second-order valence-electron chi connectivity index (χ2n) is 5.10. The predicted molar refractivity (Wildman–Crippen MR) is 93.0 cm³/mol. The van der Waals surface area contributed by atoms with E-state index < -0.39 is 15.7 Å². The number of hydrogen-bond donors (Lipinski definition) is 2. The lowest BCUT2D eigenvalue weighted by molar-refractivity contribution is -0.121. The molecule has 0 spiro atoms. The Balaban J connectivity index is 1.90. The smallest absolute Gasteiger partial charge is 0.269 e.